The second kappa shape index (κ2) is 10.2. The van der Waals surface area contributed by atoms with Crippen LogP contribution in [0.15, 0.2) is 42.5 Å². The maximum absolute atomic E-state index is 12.1. The Hall–Kier alpha value is -3.22. The molecule has 150 valence electrons. The highest BCUT2D eigenvalue weighted by Crippen LogP contribution is 2.38. The summed E-state index contributed by atoms with van der Waals surface area (Å²) in [6, 6.07) is 12.5. The molecule has 2 rings (SSSR count). The van der Waals surface area contributed by atoms with Crippen LogP contribution in [-0.4, -0.2) is 39.3 Å². The number of amides is 1. The van der Waals surface area contributed by atoms with Crippen molar-refractivity contribution in [1.29, 1.82) is 0 Å². The molecule has 0 heterocycles. The van der Waals surface area contributed by atoms with Crippen molar-refractivity contribution in [2.45, 2.75) is 25.9 Å². The molecule has 0 fully saturated rings. The number of esters is 1. The molecule has 0 bridgehead atoms. The number of aryl methyl sites for hydroxylation is 1. The largest absolute Gasteiger partial charge is 0.493 e. The molecule has 0 unspecified atom stereocenters. The number of carbonyl (C=O) groups excluding carboxylic acids is 2. The number of para-hydroxylation sites is 1. The molecule has 0 saturated heterocycles. The van der Waals surface area contributed by atoms with E-state index < -0.39 is 12.1 Å². The molecule has 2 aromatic carbocycles. The smallest absolute Gasteiger partial charge is 0.306 e. The molecule has 0 aliphatic carbocycles. The van der Waals surface area contributed by atoms with Gasteiger partial charge in [0.2, 0.25) is 5.75 Å². The molecule has 28 heavy (non-hydrogen) atoms. The van der Waals surface area contributed by atoms with Crippen LogP contribution in [0.3, 0.4) is 0 Å². The van der Waals surface area contributed by atoms with Gasteiger partial charge in [-0.15, -0.1) is 0 Å². The number of benzene rings is 2. The molecule has 7 nitrogen and oxygen atoms in total. The van der Waals surface area contributed by atoms with Crippen LogP contribution in [-0.2, 0) is 20.7 Å². The molecule has 0 spiro atoms. The van der Waals surface area contributed by atoms with E-state index in [9.17, 15) is 9.59 Å². The van der Waals surface area contributed by atoms with E-state index in [1.165, 1.54) is 28.3 Å². The number of anilines is 1. The van der Waals surface area contributed by atoms with Gasteiger partial charge in [0.15, 0.2) is 17.6 Å². The first-order valence-electron chi connectivity index (χ1n) is 8.82. The van der Waals surface area contributed by atoms with Crippen LogP contribution >= 0.6 is 0 Å². The highest BCUT2D eigenvalue weighted by atomic mass is 16.5. The maximum Gasteiger partial charge on any atom is 0.306 e. The van der Waals surface area contributed by atoms with E-state index in [0.29, 0.717) is 29.4 Å². The first kappa shape index (κ1) is 21.1. The van der Waals surface area contributed by atoms with E-state index in [2.05, 4.69) is 5.32 Å². The first-order valence-corrected chi connectivity index (χ1v) is 8.82. The van der Waals surface area contributed by atoms with E-state index >= 15 is 0 Å². The van der Waals surface area contributed by atoms with Crippen LogP contribution in [0.4, 0.5) is 5.69 Å². The molecule has 7 heteroatoms. The van der Waals surface area contributed by atoms with Gasteiger partial charge in [0.1, 0.15) is 0 Å². The van der Waals surface area contributed by atoms with Crippen molar-refractivity contribution in [3.8, 4) is 17.2 Å². The minimum Gasteiger partial charge on any atom is -0.493 e. The summed E-state index contributed by atoms with van der Waals surface area (Å²) >= 11 is 0. The highest BCUT2D eigenvalue weighted by Gasteiger charge is 2.19. The van der Waals surface area contributed by atoms with E-state index in [-0.39, 0.29) is 12.3 Å². The van der Waals surface area contributed by atoms with Crippen molar-refractivity contribution in [3.05, 3.63) is 48.0 Å². The second-order valence-corrected chi connectivity index (χ2v) is 6.02. The Morgan fingerprint density at radius 1 is 0.964 bits per heavy atom. The predicted molar refractivity (Wildman–Crippen MR) is 105 cm³/mol. The lowest BCUT2D eigenvalue weighted by Crippen LogP contribution is -2.30. The van der Waals surface area contributed by atoms with Gasteiger partial charge >= 0.3 is 5.97 Å². The molecular weight excluding hydrogens is 362 g/mol. The molecule has 1 amide bonds. The molecule has 1 N–H and O–H groups in total. The highest BCUT2D eigenvalue weighted by molar-refractivity contribution is 5.95. The van der Waals surface area contributed by atoms with Gasteiger partial charge in [-0.1, -0.05) is 18.2 Å². The third-order valence-corrected chi connectivity index (χ3v) is 4.06. The van der Waals surface area contributed by atoms with Crippen LogP contribution in [0.1, 0.15) is 18.9 Å². The number of nitrogens with one attached hydrogen (secondary N) is 1. The third kappa shape index (κ3) is 5.64. The van der Waals surface area contributed by atoms with E-state index in [0.717, 1.165) is 5.56 Å². The summed E-state index contributed by atoms with van der Waals surface area (Å²) in [6.07, 6.45) is -0.378. The number of carbonyl (C=O) groups is 2. The van der Waals surface area contributed by atoms with Crippen LogP contribution in [0.5, 0.6) is 17.2 Å². The Morgan fingerprint density at radius 3 is 2.11 bits per heavy atom. The molecule has 2 aromatic rings. The lowest BCUT2D eigenvalue weighted by molar-refractivity contribution is -0.153. The van der Waals surface area contributed by atoms with E-state index in [1.807, 2.05) is 18.2 Å². The predicted octanol–water partition coefficient (Wildman–Crippen LogP) is 3.22. The Kier molecular flexibility index (Phi) is 7.68. The van der Waals surface area contributed by atoms with E-state index in [1.54, 1.807) is 24.3 Å². The summed E-state index contributed by atoms with van der Waals surface area (Å²) in [7, 11) is 4.59. The first-order chi connectivity index (χ1) is 13.5. The number of hydrogen-bond acceptors (Lipinski definition) is 6. The summed E-state index contributed by atoms with van der Waals surface area (Å²) in [6.45, 7) is 1.54. The third-order valence-electron chi connectivity index (χ3n) is 4.06. The zero-order valence-electron chi connectivity index (χ0n) is 16.5. The fraction of sp³-hybridized carbons (Fsp3) is 0.333. The van der Waals surface area contributed by atoms with Crippen molar-refractivity contribution in [3.63, 3.8) is 0 Å². The second-order valence-electron chi connectivity index (χ2n) is 6.02. The van der Waals surface area contributed by atoms with Crippen molar-refractivity contribution >= 4 is 17.6 Å². The van der Waals surface area contributed by atoms with Crippen molar-refractivity contribution < 1.29 is 28.5 Å². The molecule has 0 aliphatic rings. The zero-order chi connectivity index (χ0) is 20.5. The number of rotatable bonds is 9. The van der Waals surface area contributed by atoms with Crippen LogP contribution in [0.2, 0.25) is 0 Å². The zero-order valence-corrected chi connectivity index (χ0v) is 16.5. The molecular formula is C21H25NO6. The van der Waals surface area contributed by atoms with Gasteiger partial charge in [0.05, 0.1) is 21.3 Å². The van der Waals surface area contributed by atoms with Gasteiger partial charge in [0.25, 0.3) is 5.91 Å². The average Bonchev–Trinajstić information content (AvgIpc) is 2.71. The van der Waals surface area contributed by atoms with Gasteiger partial charge in [-0.05, 0) is 43.2 Å². The van der Waals surface area contributed by atoms with Crippen molar-refractivity contribution in [2.24, 2.45) is 0 Å². The fourth-order valence-corrected chi connectivity index (χ4v) is 2.60. The summed E-state index contributed by atoms with van der Waals surface area (Å²) in [5.41, 5.74) is 1.47. The normalized spacial score (nSPS) is 11.3. The van der Waals surface area contributed by atoms with E-state index in [4.69, 9.17) is 18.9 Å². The minimum absolute atomic E-state index is 0.113. The maximum atomic E-state index is 12.1. The Labute approximate surface area is 164 Å². The number of hydrogen-bond donors (Lipinski definition) is 1. The monoisotopic (exact) mass is 387 g/mol. The van der Waals surface area contributed by atoms with Gasteiger partial charge in [-0.3, -0.25) is 9.59 Å². The fourth-order valence-electron chi connectivity index (χ4n) is 2.60. The van der Waals surface area contributed by atoms with Crippen LogP contribution in [0.25, 0.3) is 0 Å². The topological polar surface area (TPSA) is 83.1 Å². The molecule has 0 saturated carbocycles. The lowest BCUT2D eigenvalue weighted by Gasteiger charge is -2.15. The SMILES string of the molecule is COc1cc(CCC(=O)O[C@H](C)C(=O)Nc2ccccc2)cc(OC)c1OC. The summed E-state index contributed by atoms with van der Waals surface area (Å²) < 4.78 is 21.1. The average molecular weight is 387 g/mol. The standard InChI is InChI=1S/C21H25NO6/c1-14(21(24)22-16-8-6-5-7-9-16)28-19(23)11-10-15-12-17(25-2)20(27-4)18(13-15)26-3/h5-9,12-14H,10-11H2,1-4H3,(H,22,24)/t14-/m1/s1. The van der Waals surface area contributed by atoms with Gasteiger partial charge in [0, 0.05) is 12.1 Å². The minimum atomic E-state index is -0.896. The summed E-state index contributed by atoms with van der Waals surface area (Å²) in [5.74, 6) is 0.668. The molecule has 0 radical (unpaired) electrons. The summed E-state index contributed by atoms with van der Waals surface area (Å²) in [4.78, 5) is 24.3. The van der Waals surface area contributed by atoms with Gasteiger partial charge in [-0.2, -0.15) is 0 Å². The quantitative estimate of drug-likeness (QED) is 0.665. The number of methoxy groups -OCH3 is 3. The molecule has 0 aliphatic heterocycles. The Morgan fingerprint density at radius 2 is 1.57 bits per heavy atom. The molecule has 1 atom stereocenters. The van der Waals surface area contributed by atoms with Crippen molar-refractivity contribution in [1.82, 2.24) is 0 Å². The van der Waals surface area contributed by atoms with Crippen LogP contribution in [0, 0.1) is 0 Å². The van der Waals surface area contributed by atoms with Gasteiger partial charge in [-0.25, -0.2) is 0 Å². The molecule has 0 aromatic heterocycles. The lowest BCUT2D eigenvalue weighted by atomic mass is 10.1. The van der Waals surface area contributed by atoms with Crippen molar-refractivity contribution in [2.75, 3.05) is 26.6 Å². The Bertz CT molecular complexity index is 781. The van der Waals surface area contributed by atoms with Gasteiger partial charge < -0.3 is 24.3 Å². The number of ether oxygens (including phenoxy) is 4. The van der Waals surface area contributed by atoms with Crippen LogP contribution < -0.4 is 19.5 Å². The summed E-state index contributed by atoms with van der Waals surface area (Å²) in [5, 5.41) is 2.70. The Balaban J connectivity index is 1.92.